The smallest absolute Gasteiger partial charge is 0.355 e. The standard InChI is InChI=1S/C14H24N2O4S/c1-5-7-8-9-15-21(18,19)13-10(3)12(16-11(13)4)14(17)20-6-2/h15-16H,5-9H2,1-4H3. The van der Waals surface area contributed by atoms with Gasteiger partial charge in [0.2, 0.25) is 10.0 Å². The predicted molar refractivity (Wildman–Crippen MR) is 80.9 cm³/mol. The average Bonchev–Trinajstić information content (AvgIpc) is 2.71. The van der Waals surface area contributed by atoms with E-state index in [1.807, 2.05) is 0 Å². The molecular weight excluding hydrogens is 292 g/mol. The first-order valence-corrected chi connectivity index (χ1v) is 8.69. The normalized spacial score (nSPS) is 11.6. The summed E-state index contributed by atoms with van der Waals surface area (Å²) < 4.78 is 32.2. The molecule has 120 valence electrons. The lowest BCUT2D eigenvalue weighted by Gasteiger charge is -2.07. The van der Waals surface area contributed by atoms with E-state index in [1.54, 1.807) is 20.8 Å². The van der Waals surface area contributed by atoms with Crippen LogP contribution >= 0.6 is 0 Å². The van der Waals surface area contributed by atoms with Gasteiger partial charge in [-0.2, -0.15) is 0 Å². The third kappa shape index (κ3) is 4.31. The molecule has 0 amide bonds. The largest absolute Gasteiger partial charge is 0.461 e. The summed E-state index contributed by atoms with van der Waals surface area (Å²) in [4.78, 5) is 14.7. The van der Waals surface area contributed by atoms with Gasteiger partial charge in [-0.1, -0.05) is 19.8 Å². The number of hydrogen-bond acceptors (Lipinski definition) is 4. The molecule has 0 spiro atoms. The summed E-state index contributed by atoms with van der Waals surface area (Å²) in [6.07, 6.45) is 2.79. The van der Waals surface area contributed by atoms with Crippen LogP contribution in [0.5, 0.6) is 0 Å². The minimum absolute atomic E-state index is 0.141. The Morgan fingerprint density at radius 2 is 1.90 bits per heavy atom. The topological polar surface area (TPSA) is 88.3 Å². The zero-order valence-electron chi connectivity index (χ0n) is 13.1. The van der Waals surface area contributed by atoms with Crippen molar-refractivity contribution < 1.29 is 17.9 Å². The fourth-order valence-corrected chi connectivity index (χ4v) is 3.71. The number of H-pyrrole nitrogens is 1. The molecule has 1 rings (SSSR count). The predicted octanol–water partition coefficient (Wildman–Crippen LogP) is 2.28. The Morgan fingerprint density at radius 1 is 1.24 bits per heavy atom. The summed E-state index contributed by atoms with van der Waals surface area (Å²) in [6.45, 7) is 7.64. The van der Waals surface area contributed by atoms with Crippen LogP contribution in [0, 0.1) is 13.8 Å². The van der Waals surface area contributed by atoms with Crippen LogP contribution in [0.15, 0.2) is 4.90 Å². The average molecular weight is 316 g/mol. The van der Waals surface area contributed by atoms with Gasteiger partial charge in [-0.25, -0.2) is 17.9 Å². The molecule has 7 heteroatoms. The number of carbonyl (C=O) groups is 1. The van der Waals surface area contributed by atoms with E-state index >= 15 is 0 Å². The molecule has 0 fully saturated rings. The fourth-order valence-electron chi connectivity index (χ4n) is 2.20. The van der Waals surface area contributed by atoms with Crippen molar-refractivity contribution in [2.45, 2.75) is 51.9 Å². The first-order chi connectivity index (χ1) is 9.85. The first-order valence-electron chi connectivity index (χ1n) is 7.21. The van der Waals surface area contributed by atoms with Crippen LogP contribution < -0.4 is 4.72 Å². The van der Waals surface area contributed by atoms with Crippen LogP contribution in [-0.2, 0) is 14.8 Å². The second-order valence-corrected chi connectivity index (χ2v) is 6.61. The summed E-state index contributed by atoms with van der Waals surface area (Å²) in [6, 6.07) is 0. The van der Waals surface area contributed by atoms with E-state index in [1.165, 1.54) is 0 Å². The number of esters is 1. The second-order valence-electron chi connectivity index (χ2n) is 4.90. The van der Waals surface area contributed by atoms with Gasteiger partial charge in [0.15, 0.2) is 0 Å². The van der Waals surface area contributed by atoms with Crippen LogP contribution in [0.1, 0.15) is 54.9 Å². The Kier molecular flexibility index (Phi) is 6.42. The maximum atomic E-state index is 12.3. The van der Waals surface area contributed by atoms with Crippen molar-refractivity contribution in [2.75, 3.05) is 13.2 Å². The number of aromatic amines is 1. The van der Waals surface area contributed by atoms with E-state index in [-0.39, 0.29) is 17.2 Å². The Balaban J connectivity index is 2.99. The molecule has 2 N–H and O–H groups in total. The van der Waals surface area contributed by atoms with Gasteiger partial charge in [-0.3, -0.25) is 0 Å². The minimum atomic E-state index is -3.62. The number of aryl methyl sites for hydroxylation is 1. The Morgan fingerprint density at radius 3 is 2.48 bits per heavy atom. The molecule has 1 aromatic heterocycles. The highest BCUT2D eigenvalue weighted by molar-refractivity contribution is 7.89. The third-order valence-electron chi connectivity index (χ3n) is 3.19. The molecule has 0 aliphatic heterocycles. The Hall–Kier alpha value is -1.34. The van der Waals surface area contributed by atoms with Crippen LogP contribution in [0.4, 0.5) is 0 Å². The minimum Gasteiger partial charge on any atom is -0.461 e. The van der Waals surface area contributed by atoms with Crippen LogP contribution in [-0.4, -0.2) is 32.5 Å². The molecule has 0 saturated carbocycles. The lowest BCUT2D eigenvalue weighted by Crippen LogP contribution is -2.25. The summed E-state index contributed by atoms with van der Waals surface area (Å²) in [5, 5.41) is 0. The second kappa shape index (κ2) is 7.61. The Labute approximate surface area is 126 Å². The van der Waals surface area contributed by atoms with Crippen LogP contribution in [0.2, 0.25) is 0 Å². The number of unbranched alkanes of at least 4 members (excludes halogenated alkanes) is 2. The van der Waals surface area contributed by atoms with Crippen molar-refractivity contribution in [1.29, 1.82) is 0 Å². The molecule has 0 aliphatic rings. The fraction of sp³-hybridized carbons (Fsp3) is 0.643. The number of sulfonamides is 1. The molecule has 0 saturated heterocycles. The van der Waals surface area contributed by atoms with Gasteiger partial charge in [0, 0.05) is 17.8 Å². The van der Waals surface area contributed by atoms with Gasteiger partial charge >= 0.3 is 5.97 Å². The Bertz CT molecular complexity index is 590. The SMILES string of the molecule is CCCCCNS(=O)(=O)c1c(C)[nH]c(C(=O)OCC)c1C. The molecule has 1 heterocycles. The molecule has 21 heavy (non-hydrogen) atoms. The van der Waals surface area contributed by atoms with Crippen molar-refractivity contribution in [3.63, 3.8) is 0 Å². The van der Waals surface area contributed by atoms with E-state index in [0.29, 0.717) is 17.8 Å². The number of nitrogens with one attached hydrogen (secondary N) is 2. The first kappa shape index (κ1) is 17.7. The maximum absolute atomic E-state index is 12.3. The lowest BCUT2D eigenvalue weighted by atomic mass is 10.2. The van der Waals surface area contributed by atoms with Gasteiger partial charge in [0.05, 0.1) is 6.61 Å². The number of rotatable bonds is 8. The number of hydrogen-bond donors (Lipinski definition) is 2. The third-order valence-corrected chi connectivity index (χ3v) is 4.92. The van der Waals surface area contributed by atoms with E-state index in [9.17, 15) is 13.2 Å². The molecule has 0 aliphatic carbocycles. The maximum Gasteiger partial charge on any atom is 0.355 e. The highest BCUT2D eigenvalue weighted by Gasteiger charge is 2.26. The monoisotopic (exact) mass is 316 g/mol. The zero-order valence-corrected chi connectivity index (χ0v) is 13.9. The molecule has 6 nitrogen and oxygen atoms in total. The van der Waals surface area contributed by atoms with Crippen molar-refractivity contribution in [2.24, 2.45) is 0 Å². The van der Waals surface area contributed by atoms with E-state index in [0.717, 1.165) is 19.3 Å². The number of aromatic nitrogens is 1. The highest BCUT2D eigenvalue weighted by Crippen LogP contribution is 2.23. The van der Waals surface area contributed by atoms with E-state index < -0.39 is 16.0 Å². The van der Waals surface area contributed by atoms with Crippen molar-refractivity contribution >= 4 is 16.0 Å². The van der Waals surface area contributed by atoms with Crippen molar-refractivity contribution in [3.8, 4) is 0 Å². The van der Waals surface area contributed by atoms with Gasteiger partial charge < -0.3 is 9.72 Å². The van der Waals surface area contributed by atoms with E-state index in [2.05, 4.69) is 16.6 Å². The van der Waals surface area contributed by atoms with Gasteiger partial charge in [-0.05, 0) is 27.2 Å². The summed E-state index contributed by atoms with van der Waals surface area (Å²) in [5.74, 6) is -0.537. The van der Waals surface area contributed by atoms with Gasteiger partial charge in [0.25, 0.3) is 0 Å². The summed E-state index contributed by atoms with van der Waals surface area (Å²) in [7, 11) is -3.62. The zero-order chi connectivity index (χ0) is 16.0. The molecular formula is C14H24N2O4S. The lowest BCUT2D eigenvalue weighted by molar-refractivity contribution is 0.0519. The van der Waals surface area contributed by atoms with Crippen molar-refractivity contribution in [1.82, 2.24) is 9.71 Å². The molecule has 0 unspecified atom stereocenters. The van der Waals surface area contributed by atoms with E-state index in [4.69, 9.17) is 4.74 Å². The molecule has 0 atom stereocenters. The molecule has 0 aromatic carbocycles. The quantitative estimate of drug-likeness (QED) is 0.569. The number of carbonyl (C=O) groups excluding carboxylic acids is 1. The van der Waals surface area contributed by atoms with Crippen LogP contribution in [0.25, 0.3) is 0 Å². The number of ether oxygens (including phenoxy) is 1. The molecule has 0 bridgehead atoms. The van der Waals surface area contributed by atoms with Gasteiger partial charge in [-0.15, -0.1) is 0 Å². The molecule has 0 radical (unpaired) electrons. The highest BCUT2D eigenvalue weighted by atomic mass is 32.2. The summed E-state index contributed by atoms with van der Waals surface area (Å²) >= 11 is 0. The van der Waals surface area contributed by atoms with Crippen LogP contribution in [0.3, 0.4) is 0 Å². The summed E-state index contributed by atoms with van der Waals surface area (Å²) in [5.41, 5.74) is 1.04. The molecule has 1 aromatic rings. The van der Waals surface area contributed by atoms with Gasteiger partial charge in [0.1, 0.15) is 10.6 Å². The van der Waals surface area contributed by atoms with Crippen molar-refractivity contribution in [3.05, 3.63) is 17.0 Å².